The highest BCUT2D eigenvalue weighted by Crippen LogP contribution is 2.22. The smallest absolute Gasteiger partial charge is 0.310 e. The number of hydrogen-bond donors (Lipinski definition) is 1. The first kappa shape index (κ1) is 13.6. The predicted octanol–water partition coefficient (Wildman–Crippen LogP) is 2.51. The quantitative estimate of drug-likeness (QED) is 0.659. The van der Waals surface area contributed by atoms with Crippen molar-refractivity contribution in [1.29, 1.82) is 5.26 Å². The van der Waals surface area contributed by atoms with Crippen LogP contribution in [0.3, 0.4) is 0 Å². The van der Waals surface area contributed by atoms with Gasteiger partial charge in [0.05, 0.1) is 24.7 Å². The average molecular weight is 249 g/mol. The second-order valence-corrected chi connectivity index (χ2v) is 4.07. The first-order chi connectivity index (χ1) is 8.12. The molecule has 0 amide bonds. The minimum atomic E-state index is -0.330. The fraction of sp³-hybridized carbons (Fsp3) is 0.385. The second kappa shape index (κ2) is 6.31. The maximum atomic E-state index is 11.4. The molecular formula is C13H15NO2S. The van der Waals surface area contributed by atoms with E-state index < -0.39 is 0 Å². The van der Waals surface area contributed by atoms with Crippen LogP contribution in [0, 0.1) is 11.3 Å². The van der Waals surface area contributed by atoms with Crippen LogP contribution in [-0.4, -0.2) is 12.6 Å². The molecule has 1 aromatic carbocycles. The molecule has 0 radical (unpaired) electrons. The second-order valence-electron chi connectivity index (χ2n) is 3.59. The Hall–Kier alpha value is -1.47. The van der Waals surface area contributed by atoms with Gasteiger partial charge < -0.3 is 4.74 Å². The molecule has 0 aromatic heterocycles. The first-order valence-electron chi connectivity index (χ1n) is 5.52. The normalized spacial score (nSPS) is 9.76. The zero-order valence-electron chi connectivity index (χ0n) is 9.99. The molecule has 0 saturated heterocycles. The molecule has 17 heavy (non-hydrogen) atoms. The number of benzene rings is 1. The van der Waals surface area contributed by atoms with Crippen molar-refractivity contribution in [1.82, 2.24) is 0 Å². The highest BCUT2D eigenvalue weighted by atomic mass is 32.1. The molecule has 3 nitrogen and oxygen atoms in total. The average Bonchev–Trinajstić information content (AvgIpc) is 2.31. The van der Waals surface area contributed by atoms with Gasteiger partial charge in [0.1, 0.15) is 0 Å². The van der Waals surface area contributed by atoms with Crippen LogP contribution in [0.2, 0.25) is 0 Å². The van der Waals surface area contributed by atoms with Gasteiger partial charge in [-0.2, -0.15) is 5.26 Å². The van der Waals surface area contributed by atoms with Gasteiger partial charge >= 0.3 is 5.97 Å². The van der Waals surface area contributed by atoms with Gasteiger partial charge in [0.2, 0.25) is 0 Å². The molecule has 0 fully saturated rings. The van der Waals surface area contributed by atoms with E-state index in [1.165, 1.54) is 0 Å². The van der Waals surface area contributed by atoms with Crippen molar-refractivity contribution in [2.75, 3.05) is 6.61 Å². The summed E-state index contributed by atoms with van der Waals surface area (Å²) in [7, 11) is 0. The molecule has 0 atom stereocenters. The van der Waals surface area contributed by atoms with Gasteiger partial charge in [0, 0.05) is 4.90 Å². The summed E-state index contributed by atoms with van der Waals surface area (Å²) in [4.78, 5) is 12.1. The minimum Gasteiger partial charge on any atom is -0.466 e. The standard InChI is InChI=1S/C13H15NO2S/c1-3-9-5-10(8-14)11(12(17)6-9)7-13(15)16-4-2/h5-6,17H,3-4,7H2,1-2H3. The number of esters is 1. The van der Waals surface area contributed by atoms with E-state index in [1.807, 2.05) is 13.0 Å². The molecule has 1 rings (SSSR count). The van der Waals surface area contributed by atoms with Crippen molar-refractivity contribution >= 4 is 18.6 Å². The van der Waals surface area contributed by atoms with E-state index in [9.17, 15) is 4.79 Å². The monoisotopic (exact) mass is 249 g/mol. The highest BCUT2D eigenvalue weighted by Gasteiger charge is 2.13. The molecular weight excluding hydrogens is 234 g/mol. The molecule has 0 aliphatic rings. The predicted molar refractivity (Wildman–Crippen MR) is 68.1 cm³/mol. The molecule has 0 N–H and O–H groups in total. The summed E-state index contributed by atoms with van der Waals surface area (Å²) in [5.41, 5.74) is 2.19. The molecule has 0 saturated carbocycles. The van der Waals surface area contributed by atoms with Gasteiger partial charge in [0.15, 0.2) is 0 Å². The number of nitriles is 1. The van der Waals surface area contributed by atoms with Crippen molar-refractivity contribution in [2.45, 2.75) is 31.6 Å². The lowest BCUT2D eigenvalue weighted by atomic mass is 10.0. The van der Waals surface area contributed by atoms with Crippen LogP contribution in [0.4, 0.5) is 0 Å². The Morgan fingerprint density at radius 1 is 1.47 bits per heavy atom. The highest BCUT2D eigenvalue weighted by molar-refractivity contribution is 7.80. The van der Waals surface area contributed by atoms with Crippen LogP contribution in [0.15, 0.2) is 17.0 Å². The van der Waals surface area contributed by atoms with E-state index in [0.717, 1.165) is 12.0 Å². The molecule has 0 heterocycles. The van der Waals surface area contributed by atoms with Crippen molar-refractivity contribution < 1.29 is 9.53 Å². The van der Waals surface area contributed by atoms with Crippen LogP contribution in [0.5, 0.6) is 0 Å². The van der Waals surface area contributed by atoms with Crippen LogP contribution in [0.25, 0.3) is 0 Å². The van der Waals surface area contributed by atoms with Gasteiger partial charge in [-0.15, -0.1) is 12.6 Å². The Morgan fingerprint density at radius 2 is 2.18 bits per heavy atom. The zero-order chi connectivity index (χ0) is 12.8. The number of thiol groups is 1. The molecule has 0 aliphatic carbocycles. The Kier molecular flexibility index (Phi) is 5.05. The summed E-state index contributed by atoms with van der Waals surface area (Å²) >= 11 is 4.33. The molecule has 90 valence electrons. The van der Waals surface area contributed by atoms with Gasteiger partial charge in [-0.05, 0) is 36.6 Å². The van der Waals surface area contributed by atoms with Gasteiger partial charge in [0.25, 0.3) is 0 Å². The van der Waals surface area contributed by atoms with E-state index in [0.29, 0.717) is 22.6 Å². The summed E-state index contributed by atoms with van der Waals surface area (Å²) in [6.45, 7) is 4.11. The molecule has 0 aliphatic heterocycles. The molecule has 0 spiro atoms. The third-order valence-corrected chi connectivity index (χ3v) is 2.84. The SMILES string of the molecule is CCOC(=O)Cc1c(S)cc(CC)cc1C#N. The summed E-state index contributed by atoms with van der Waals surface area (Å²) < 4.78 is 4.87. The third-order valence-electron chi connectivity index (χ3n) is 2.44. The van der Waals surface area contributed by atoms with Crippen molar-refractivity contribution in [2.24, 2.45) is 0 Å². The van der Waals surface area contributed by atoms with Crippen LogP contribution < -0.4 is 0 Å². The number of nitrogens with zero attached hydrogens (tertiary/aromatic N) is 1. The van der Waals surface area contributed by atoms with Gasteiger partial charge in [-0.1, -0.05) is 6.92 Å². The van der Waals surface area contributed by atoms with Crippen molar-refractivity contribution in [3.63, 3.8) is 0 Å². The van der Waals surface area contributed by atoms with Crippen molar-refractivity contribution in [3.8, 4) is 6.07 Å². The van der Waals surface area contributed by atoms with E-state index >= 15 is 0 Å². The minimum absolute atomic E-state index is 0.0968. The summed E-state index contributed by atoms with van der Waals surface area (Å²) in [5, 5.41) is 9.07. The van der Waals surface area contributed by atoms with Gasteiger partial charge in [-0.3, -0.25) is 4.79 Å². The van der Waals surface area contributed by atoms with E-state index in [4.69, 9.17) is 10.00 Å². The molecule has 0 unspecified atom stereocenters. The molecule has 0 bridgehead atoms. The zero-order valence-corrected chi connectivity index (χ0v) is 10.9. The first-order valence-corrected chi connectivity index (χ1v) is 5.97. The number of ether oxygens (including phenoxy) is 1. The Labute approximate surface area is 107 Å². The number of rotatable bonds is 4. The van der Waals surface area contributed by atoms with Crippen LogP contribution >= 0.6 is 12.6 Å². The van der Waals surface area contributed by atoms with Crippen LogP contribution in [0.1, 0.15) is 30.5 Å². The fourth-order valence-corrected chi connectivity index (χ4v) is 1.93. The third kappa shape index (κ3) is 3.50. The van der Waals surface area contributed by atoms with E-state index in [-0.39, 0.29) is 12.4 Å². The molecule has 4 heteroatoms. The maximum Gasteiger partial charge on any atom is 0.310 e. The Morgan fingerprint density at radius 3 is 2.71 bits per heavy atom. The number of hydrogen-bond acceptors (Lipinski definition) is 4. The summed E-state index contributed by atoms with van der Waals surface area (Å²) in [5.74, 6) is -0.330. The number of aryl methyl sites for hydroxylation is 1. The Balaban J connectivity index is 3.07. The number of carbonyl (C=O) groups is 1. The van der Waals surface area contributed by atoms with E-state index in [1.54, 1.807) is 13.0 Å². The fourth-order valence-electron chi connectivity index (χ4n) is 1.56. The Bertz CT molecular complexity index is 463. The topological polar surface area (TPSA) is 50.1 Å². The van der Waals surface area contributed by atoms with Gasteiger partial charge in [-0.25, -0.2) is 0 Å². The lowest BCUT2D eigenvalue weighted by Crippen LogP contribution is -2.09. The lowest BCUT2D eigenvalue weighted by molar-refractivity contribution is -0.142. The number of carbonyl (C=O) groups excluding carboxylic acids is 1. The summed E-state index contributed by atoms with van der Waals surface area (Å²) in [6, 6.07) is 5.79. The van der Waals surface area contributed by atoms with Crippen LogP contribution in [-0.2, 0) is 22.4 Å². The largest absolute Gasteiger partial charge is 0.466 e. The summed E-state index contributed by atoms with van der Waals surface area (Å²) in [6.07, 6.45) is 0.932. The van der Waals surface area contributed by atoms with Crippen molar-refractivity contribution in [3.05, 3.63) is 28.8 Å². The molecule has 1 aromatic rings. The lowest BCUT2D eigenvalue weighted by Gasteiger charge is -2.09. The maximum absolute atomic E-state index is 11.4. The van der Waals surface area contributed by atoms with E-state index in [2.05, 4.69) is 18.7 Å².